The second kappa shape index (κ2) is 8.35. The maximum atomic E-state index is 12.8. The smallest absolute Gasteiger partial charge is 0.230 e. The molecule has 0 aliphatic carbocycles. The molecular formula is C17H19FN2O3S2. The topological polar surface area (TPSA) is 75.3 Å². The molecule has 2 rings (SSSR count). The molecule has 25 heavy (non-hydrogen) atoms. The maximum absolute atomic E-state index is 12.8. The van der Waals surface area contributed by atoms with Crippen LogP contribution in [0, 0.1) is 5.82 Å². The molecule has 0 spiro atoms. The van der Waals surface area contributed by atoms with Gasteiger partial charge in [-0.1, -0.05) is 12.1 Å². The molecule has 0 fully saturated rings. The van der Waals surface area contributed by atoms with Crippen molar-refractivity contribution >= 4 is 33.4 Å². The van der Waals surface area contributed by atoms with Crippen molar-refractivity contribution in [2.45, 2.75) is 17.9 Å². The molecule has 5 nitrogen and oxygen atoms in total. The monoisotopic (exact) mass is 382 g/mol. The number of carbonyl (C=O) groups excluding carboxylic acids is 1. The minimum atomic E-state index is -3.35. The lowest BCUT2D eigenvalue weighted by molar-refractivity contribution is -0.119. The number of hydrogen-bond acceptors (Lipinski definition) is 4. The van der Waals surface area contributed by atoms with Crippen LogP contribution in [0.25, 0.3) is 0 Å². The molecule has 1 atom stereocenters. The van der Waals surface area contributed by atoms with Gasteiger partial charge in [0.1, 0.15) is 5.82 Å². The molecule has 0 aliphatic heterocycles. The third-order valence-corrected chi connectivity index (χ3v) is 4.87. The van der Waals surface area contributed by atoms with Crippen molar-refractivity contribution in [3.05, 3.63) is 59.9 Å². The Morgan fingerprint density at radius 2 is 1.88 bits per heavy atom. The highest BCUT2D eigenvalue weighted by Gasteiger charge is 2.11. The third kappa shape index (κ3) is 6.75. The van der Waals surface area contributed by atoms with Gasteiger partial charge in [0, 0.05) is 10.6 Å². The molecule has 0 radical (unpaired) electrons. The Balaban J connectivity index is 1.92. The van der Waals surface area contributed by atoms with Crippen LogP contribution in [-0.2, 0) is 14.8 Å². The van der Waals surface area contributed by atoms with Crippen molar-refractivity contribution < 1.29 is 17.6 Å². The Morgan fingerprint density at radius 1 is 1.20 bits per heavy atom. The van der Waals surface area contributed by atoms with Crippen molar-refractivity contribution in [2.75, 3.05) is 16.7 Å². The summed E-state index contributed by atoms with van der Waals surface area (Å²) < 4.78 is 37.8. The van der Waals surface area contributed by atoms with Crippen LogP contribution >= 0.6 is 11.8 Å². The van der Waals surface area contributed by atoms with Crippen molar-refractivity contribution in [2.24, 2.45) is 0 Å². The fraction of sp³-hybridized carbons (Fsp3) is 0.235. The number of nitrogens with one attached hydrogen (secondary N) is 2. The Bertz CT molecular complexity index is 839. The van der Waals surface area contributed by atoms with E-state index in [1.165, 1.54) is 23.9 Å². The van der Waals surface area contributed by atoms with Gasteiger partial charge in [-0.15, -0.1) is 11.8 Å². The number of amides is 1. The summed E-state index contributed by atoms with van der Waals surface area (Å²) in [7, 11) is -3.35. The predicted molar refractivity (Wildman–Crippen MR) is 98.6 cm³/mol. The van der Waals surface area contributed by atoms with Crippen LogP contribution in [0.2, 0.25) is 0 Å². The summed E-state index contributed by atoms with van der Waals surface area (Å²) in [5.74, 6) is -0.273. The summed E-state index contributed by atoms with van der Waals surface area (Å²) in [6, 6.07) is 12.5. The van der Waals surface area contributed by atoms with Crippen LogP contribution in [0.1, 0.15) is 18.5 Å². The highest BCUT2D eigenvalue weighted by molar-refractivity contribution is 8.00. The molecule has 0 aromatic heterocycles. The first-order valence-electron chi connectivity index (χ1n) is 7.48. The molecule has 8 heteroatoms. The lowest BCUT2D eigenvalue weighted by atomic mass is 10.1. The number of hydrogen-bond donors (Lipinski definition) is 2. The summed E-state index contributed by atoms with van der Waals surface area (Å²) in [6.45, 7) is 1.82. The van der Waals surface area contributed by atoms with Crippen molar-refractivity contribution in [1.29, 1.82) is 0 Å². The fourth-order valence-corrected chi connectivity index (χ4v) is 3.40. The summed E-state index contributed by atoms with van der Waals surface area (Å²) in [5, 5.41) is 2.86. The van der Waals surface area contributed by atoms with Gasteiger partial charge in [-0.05, 0) is 48.9 Å². The van der Waals surface area contributed by atoms with Crippen LogP contribution in [0.15, 0.2) is 53.4 Å². The maximum Gasteiger partial charge on any atom is 0.230 e. The van der Waals surface area contributed by atoms with Crippen molar-refractivity contribution in [3.8, 4) is 0 Å². The molecule has 0 bridgehead atoms. The zero-order chi connectivity index (χ0) is 18.4. The lowest BCUT2D eigenvalue weighted by Crippen LogP contribution is -2.28. The van der Waals surface area contributed by atoms with E-state index in [0.717, 1.165) is 16.7 Å². The molecular weight excluding hydrogens is 363 g/mol. The van der Waals surface area contributed by atoms with Crippen LogP contribution in [0.4, 0.5) is 10.1 Å². The third-order valence-electron chi connectivity index (χ3n) is 3.25. The lowest BCUT2D eigenvalue weighted by Gasteiger charge is -2.15. The summed E-state index contributed by atoms with van der Waals surface area (Å²) in [6.07, 6.45) is 1.08. The number of rotatable bonds is 7. The molecule has 0 heterocycles. The minimum absolute atomic E-state index is 0.164. The molecule has 2 aromatic rings. The van der Waals surface area contributed by atoms with Crippen molar-refractivity contribution in [3.63, 3.8) is 0 Å². The SMILES string of the molecule is C[C@@H](NC(=O)CSc1ccc(F)cc1)c1cccc(NS(C)(=O)=O)c1. The second-order valence-electron chi connectivity index (χ2n) is 5.53. The van der Waals surface area contributed by atoms with E-state index in [-0.39, 0.29) is 23.5 Å². The predicted octanol–water partition coefficient (Wildman–Crippen LogP) is 3.17. The molecule has 0 aliphatic rings. The van der Waals surface area contributed by atoms with Crippen LogP contribution in [0.3, 0.4) is 0 Å². The zero-order valence-corrected chi connectivity index (χ0v) is 15.5. The van der Waals surface area contributed by atoms with Gasteiger partial charge in [-0.25, -0.2) is 12.8 Å². The molecule has 0 unspecified atom stereocenters. The molecule has 1 amide bonds. The fourth-order valence-electron chi connectivity index (χ4n) is 2.13. The van der Waals surface area contributed by atoms with Crippen LogP contribution in [-0.4, -0.2) is 26.3 Å². The standard InChI is InChI=1S/C17H19FN2O3S2/c1-12(13-4-3-5-15(10-13)20-25(2,22)23)19-17(21)11-24-16-8-6-14(18)7-9-16/h3-10,12,20H,11H2,1-2H3,(H,19,21)/t12-/m1/s1. The Morgan fingerprint density at radius 3 is 2.52 bits per heavy atom. The van der Waals surface area contributed by atoms with E-state index in [0.29, 0.717) is 5.69 Å². The minimum Gasteiger partial charge on any atom is -0.349 e. The van der Waals surface area contributed by atoms with Gasteiger partial charge in [0.2, 0.25) is 15.9 Å². The average Bonchev–Trinajstić information content (AvgIpc) is 2.53. The van der Waals surface area contributed by atoms with Crippen molar-refractivity contribution in [1.82, 2.24) is 5.32 Å². The first-order valence-corrected chi connectivity index (χ1v) is 10.4. The quantitative estimate of drug-likeness (QED) is 0.722. The van der Waals surface area contributed by atoms with Gasteiger partial charge in [-0.3, -0.25) is 9.52 Å². The highest BCUT2D eigenvalue weighted by Crippen LogP contribution is 2.20. The summed E-state index contributed by atoms with van der Waals surface area (Å²) >= 11 is 1.32. The average molecular weight is 382 g/mol. The number of sulfonamides is 1. The van der Waals surface area contributed by atoms with E-state index in [2.05, 4.69) is 10.0 Å². The van der Waals surface area contributed by atoms with E-state index < -0.39 is 10.0 Å². The molecule has 2 N–H and O–H groups in total. The van der Waals surface area contributed by atoms with Gasteiger partial charge < -0.3 is 5.32 Å². The number of thioether (sulfide) groups is 1. The summed E-state index contributed by atoms with van der Waals surface area (Å²) in [4.78, 5) is 12.9. The van der Waals surface area contributed by atoms with E-state index >= 15 is 0 Å². The Hall–Kier alpha value is -2.06. The van der Waals surface area contributed by atoms with E-state index in [9.17, 15) is 17.6 Å². The first kappa shape index (κ1) is 19.3. The Labute approximate surface area is 151 Å². The van der Waals surface area contributed by atoms with Gasteiger partial charge >= 0.3 is 0 Å². The van der Waals surface area contributed by atoms with Crippen LogP contribution < -0.4 is 10.0 Å². The molecule has 0 saturated heterocycles. The van der Waals surface area contributed by atoms with Gasteiger partial charge in [-0.2, -0.15) is 0 Å². The van der Waals surface area contributed by atoms with Gasteiger partial charge in [0.05, 0.1) is 18.1 Å². The first-order chi connectivity index (χ1) is 11.7. The van der Waals surface area contributed by atoms with E-state index in [1.807, 2.05) is 13.0 Å². The number of carbonyl (C=O) groups is 1. The second-order valence-corrected chi connectivity index (χ2v) is 8.33. The number of benzene rings is 2. The van der Waals surface area contributed by atoms with E-state index in [1.54, 1.807) is 30.3 Å². The number of halogens is 1. The summed E-state index contributed by atoms with van der Waals surface area (Å²) in [5.41, 5.74) is 1.23. The van der Waals surface area contributed by atoms with Crippen LogP contribution in [0.5, 0.6) is 0 Å². The Kier molecular flexibility index (Phi) is 6.44. The molecule has 134 valence electrons. The van der Waals surface area contributed by atoms with E-state index in [4.69, 9.17) is 0 Å². The van der Waals surface area contributed by atoms with Gasteiger partial charge in [0.25, 0.3) is 0 Å². The molecule has 0 saturated carbocycles. The molecule has 2 aromatic carbocycles. The normalized spacial score (nSPS) is 12.4. The number of anilines is 1. The largest absolute Gasteiger partial charge is 0.349 e. The highest BCUT2D eigenvalue weighted by atomic mass is 32.2. The zero-order valence-electron chi connectivity index (χ0n) is 13.8. The van der Waals surface area contributed by atoms with Gasteiger partial charge in [0.15, 0.2) is 0 Å².